The van der Waals surface area contributed by atoms with Crippen LogP contribution < -0.4 is 4.72 Å². The number of methoxy groups -OCH3 is 1. The van der Waals surface area contributed by atoms with E-state index >= 15 is 0 Å². The van der Waals surface area contributed by atoms with E-state index in [0.29, 0.717) is 0 Å². The van der Waals surface area contributed by atoms with Crippen molar-refractivity contribution in [2.75, 3.05) is 7.11 Å². The quantitative estimate of drug-likeness (QED) is 0.838. The number of amides is 1. The van der Waals surface area contributed by atoms with Crippen molar-refractivity contribution in [1.82, 2.24) is 9.71 Å². The minimum atomic E-state index is -4.14. The first-order chi connectivity index (χ1) is 10.8. The number of hydrogen-bond acceptors (Lipinski definition) is 6. The van der Waals surface area contributed by atoms with Gasteiger partial charge in [-0.1, -0.05) is 0 Å². The highest BCUT2D eigenvalue weighted by Crippen LogP contribution is 2.10. The van der Waals surface area contributed by atoms with Gasteiger partial charge >= 0.3 is 5.97 Å². The van der Waals surface area contributed by atoms with Crippen LogP contribution in [0.1, 0.15) is 20.8 Å². The zero-order chi connectivity index (χ0) is 17.0. The Bertz CT molecular complexity index is 832. The minimum absolute atomic E-state index is 0.0227. The molecule has 1 aromatic heterocycles. The number of hydrogen-bond donors (Lipinski definition) is 1. The molecule has 120 valence electrons. The second kappa shape index (κ2) is 6.53. The van der Waals surface area contributed by atoms with Gasteiger partial charge in [-0.3, -0.25) is 4.79 Å². The van der Waals surface area contributed by atoms with Crippen molar-refractivity contribution in [1.29, 1.82) is 0 Å². The predicted octanol–water partition coefficient (Wildman–Crippen LogP) is 1.13. The van der Waals surface area contributed by atoms with Crippen LogP contribution in [0.4, 0.5) is 4.39 Å². The molecule has 2 aromatic rings. The fourth-order valence-corrected chi connectivity index (χ4v) is 2.58. The Morgan fingerprint density at radius 1 is 1.13 bits per heavy atom. The third-order valence-corrected chi connectivity index (χ3v) is 4.12. The third-order valence-electron chi connectivity index (χ3n) is 2.77. The van der Waals surface area contributed by atoms with Gasteiger partial charge in [-0.15, -0.1) is 0 Å². The van der Waals surface area contributed by atoms with Gasteiger partial charge in [-0.2, -0.15) is 0 Å². The van der Waals surface area contributed by atoms with Crippen molar-refractivity contribution in [3.8, 4) is 0 Å². The molecule has 0 spiro atoms. The van der Waals surface area contributed by atoms with E-state index in [4.69, 9.17) is 0 Å². The topological polar surface area (TPSA) is 102 Å². The molecule has 0 atom stereocenters. The fraction of sp³-hybridized carbons (Fsp3) is 0.0714. The Morgan fingerprint density at radius 2 is 1.78 bits per heavy atom. The van der Waals surface area contributed by atoms with Gasteiger partial charge in [0, 0.05) is 6.20 Å². The third kappa shape index (κ3) is 3.89. The van der Waals surface area contributed by atoms with Gasteiger partial charge in [0.1, 0.15) is 11.5 Å². The van der Waals surface area contributed by atoms with Gasteiger partial charge in [0.25, 0.3) is 15.9 Å². The van der Waals surface area contributed by atoms with Gasteiger partial charge in [0.05, 0.1) is 17.6 Å². The van der Waals surface area contributed by atoms with Crippen molar-refractivity contribution in [3.05, 3.63) is 59.7 Å². The number of esters is 1. The maximum atomic E-state index is 12.8. The summed E-state index contributed by atoms with van der Waals surface area (Å²) in [5.74, 6) is -2.22. The van der Waals surface area contributed by atoms with E-state index in [-0.39, 0.29) is 16.2 Å². The molecular weight excluding hydrogens is 327 g/mol. The molecule has 0 unspecified atom stereocenters. The molecule has 0 saturated heterocycles. The molecule has 0 radical (unpaired) electrons. The lowest BCUT2D eigenvalue weighted by molar-refractivity contribution is 0.0593. The summed E-state index contributed by atoms with van der Waals surface area (Å²) in [6.07, 6.45) is 1.04. The van der Waals surface area contributed by atoms with Crippen LogP contribution in [0.5, 0.6) is 0 Å². The van der Waals surface area contributed by atoms with Gasteiger partial charge in [0.2, 0.25) is 0 Å². The molecule has 0 bridgehead atoms. The van der Waals surface area contributed by atoms with Gasteiger partial charge in [-0.05, 0) is 36.4 Å². The number of carbonyl (C=O) groups excluding carboxylic acids is 2. The van der Waals surface area contributed by atoms with Crippen molar-refractivity contribution in [3.63, 3.8) is 0 Å². The van der Waals surface area contributed by atoms with Crippen LogP contribution in [-0.4, -0.2) is 32.4 Å². The molecule has 9 heteroatoms. The van der Waals surface area contributed by atoms with E-state index in [2.05, 4.69) is 9.72 Å². The number of carbonyl (C=O) groups is 2. The number of pyridine rings is 1. The normalized spacial score (nSPS) is 10.9. The lowest BCUT2D eigenvalue weighted by atomic mass is 10.2. The molecule has 0 aliphatic rings. The van der Waals surface area contributed by atoms with Crippen LogP contribution in [0, 0.1) is 5.82 Å². The number of rotatable bonds is 4. The van der Waals surface area contributed by atoms with Crippen molar-refractivity contribution in [2.45, 2.75) is 4.90 Å². The zero-order valence-electron chi connectivity index (χ0n) is 11.8. The summed E-state index contributed by atoms with van der Waals surface area (Å²) >= 11 is 0. The zero-order valence-corrected chi connectivity index (χ0v) is 12.6. The van der Waals surface area contributed by atoms with Crippen LogP contribution in [-0.2, 0) is 14.8 Å². The summed E-state index contributed by atoms with van der Waals surface area (Å²) in [5.41, 5.74) is -0.0891. The van der Waals surface area contributed by atoms with Gasteiger partial charge in [-0.25, -0.2) is 27.3 Å². The fourth-order valence-electron chi connectivity index (χ4n) is 1.61. The first-order valence-electron chi connectivity index (χ1n) is 6.20. The molecule has 1 heterocycles. The number of ether oxygens (including phenoxy) is 1. The summed E-state index contributed by atoms with van der Waals surface area (Å²) in [6, 6.07) is 6.45. The standard InChI is InChI=1S/C14H11FN2O5S/c1-22-14(19)12-7-2-9(8-16-12)13(18)17-23(20,21)11-5-3-10(15)4-6-11/h2-8H,1H3,(H,17,18). The number of aromatic nitrogens is 1. The SMILES string of the molecule is COC(=O)c1ccc(C(=O)NS(=O)(=O)c2ccc(F)cc2)cn1. The molecule has 23 heavy (non-hydrogen) atoms. The molecule has 1 N–H and O–H groups in total. The van der Waals surface area contributed by atoms with E-state index < -0.39 is 27.7 Å². The van der Waals surface area contributed by atoms with E-state index in [1.165, 1.54) is 19.2 Å². The number of nitrogens with zero attached hydrogens (tertiary/aromatic N) is 1. The highest BCUT2D eigenvalue weighted by atomic mass is 32.2. The number of benzene rings is 1. The predicted molar refractivity (Wildman–Crippen MR) is 76.6 cm³/mol. The summed E-state index contributed by atoms with van der Waals surface area (Å²) in [4.78, 5) is 26.6. The molecule has 0 aliphatic carbocycles. The lowest BCUT2D eigenvalue weighted by Crippen LogP contribution is -2.30. The maximum Gasteiger partial charge on any atom is 0.356 e. The molecular formula is C14H11FN2O5S. The smallest absolute Gasteiger partial charge is 0.356 e. The average molecular weight is 338 g/mol. The molecule has 0 saturated carbocycles. The van der Waals surface area contributed by atoms with E-state index in [1.807, 2.05) is 4.72 Å². The van der Waals surface area contributed by atoms with E-state index in [1.54, 1.807) is 0 Å². The second-order valence-corrected chi connectivity index (χ2v) is 5.99. The molecule has 0 aliphatic heterocycles. The summed E-state index contributed by atoms with van der Waals surface area (Å²) in [5, 5.41) is 0. The molecule has 1 aromatic carbocycles. The Hall–Kier alpha value is -2.81. The van der Waals surface area contributed by atoms with Crippen LogP contribution >= 0.6 is 0 Å². The molecule has 1 amide bonds. The van der Waals surface area contributed by atoms with Crippen LogP contribution in [0.25, 0.3) is 0 Å². The summed E-state index contributed by atoms with van der Waals surface area (Å²) < 4.78 is 43.1. The lowest BCUT2D eigenvalue weighted by Gasteiger charge is -2.07. The minimum Gasteiger partial charge on any atom is -0.464 e. The first kappa shape index (κ1) is 16.6. The second-order valence-electron chi connectivity index (χ2n) is 4.31. The Balaban J connectivity index is 2.18. The van der Waals surface area contributed by atoms with Crippen molar-refractivity contribution in [2.24, 2.45) is 0 Å². The van der Waals surface area contributed by atoms with Crippen molar-refractivity contribution < 1.29 is 27.1 Å². The van der Waals surface area contributed by atoms with E-state index in [0.717, 1.165) is 30.5 Å². The maximum absolute atomic E-state index is 12.8. The molecule has 0 fully saturated rings. The largest absolute Gasteiger partial charge is 0.464 e. The number of sulfonamides is 1. The van der Waals surface area contributed by atoms with Crippen molar-refractivity contribution >= 4 is 21.9 Å². The van der Waals surface area contributed by atoms with Gasteiger partial charge < -0.3 is 4.74 Å². The highest BCUT2D eigenvalue weighted by molar-refractivity contribution is 7.90. The summed E-state index contributed by atoms with van der Waals surface area (Å²) in [6.45, 7) is 0. The molecule has 7 nitrogen and oxygen atoms in total. The van der Waals surface area contributed by atoms with Crippen LogP contribution in [0.3, 0.4) is 0 Å². The average Bonchev–Trinajstić information content (AvgIpc) is 2.54. The summed E-state index contributed by atoms with van der Waals surface area (Å²) in [7, 11) is -2.96. The number of nitrogens with one attached hydrogen (secondary N) is 1. The van der Waals surface area contributed by atoms with E-state index in [9.17, 15) is 22.4 Å². The number of halogens is 1. The monoisotopic (exact) mass is 338 g/mol. The Morgan fingerprint density at radius 3 is 2.30 bits per heavy atom. The first-order valence-corrected chi connectivity index (χ1v) is 7.69. The van der Waals surface area contributed by atoms with Crippen LogP contribution in [0.2, 0.25) is 0 Å². The Kier molecular flexibility index (Phi) is 4.70. The van der Waals surface area contributed by atoms with Crippen LogP contribution in [0.15, 0.2) is 47.5 Å². The highest BCUT2D eigenvalue weighted by Gasteiger charge is 2.19. The molecule has 2 rings (SSSR count). The Labute approximate surface area is 131 Å². The van der Waals surface area contributed by atoms with Gasteiger partial charge in [0.15, 0.2) is 0 Å².